The molecule has 8 nitrogen and oxygen atoms in total. The van der Waals surface area contributed by atoms with E-state index in [1.807, 2.05) is 0 Å². The fourth-order valence-corrected chi connectivity index (χ4v) is 11.4. The van der Waals surface area contributed by atoms with E-state index in [9.17, 15) is 20.2 Å². The smallest absolute Gasteiger partial charge is 0.295 e. The second-order valence-electron chi connectivity index (χ2n) is 13.2. The summed E-state index contributed by atoms with van der Waals surface area (Å²) in [5, 5.41) is 21.8. The molecule has 0 aliphatic heterocycles. The monoisotopic (exact) mass is 420 g/mol. The molecule has 8 atom stereocenters. The molecule has 30 heavy (non-hydrogen) atoms. The van der Waals surface area contributed by atoms with Crippen molar-refractivity contribution in [3.63, 3.8) is 0 Å². The highest BCUT2D eigenvalue weighted by Gasteiger charge is 2.74. The zero-order chi connectivity index (χ0) is 21.2. The molecule has 0 amide bonds. The Morgan fingerprint density at radius 1 is 0.633 bits per heavy atom. The van der Waals surface area contributed by atoms with Crippen molar-refractivity contribution < 1.29 is 19.8 Å². The van der Waals surface area contributed by atoms with Gasteiger partial charge in [0.2, 0.25) is 0 Å². The third-order valence-corrected chi connectivity index (χ3v) is 10.3. The van der Waals surface area contributed by atoms with Crippen LogP contribution in [0.15, 0.2) is 0 Å². The van der Waals surface area contributed by atoms with Crippen LogP contribution >= 0.6 is 0 Å². The van der Waals surface area contributed by atoms with Gasteiger partial charge in [0.1, 0.15) is 11.2 Å². The summed E-state index contributed by atoms with van der Waals surface area (Å²) in [4.78, 5) is 33.9. The van der Waals surface area contributed by atoms with Gasteiger partial charge in [-0.25, -0.2) is 0 Å². The zero-order valence-corrected chi connectivity index (χ0v) is 18.0. The van der Waals surface area contributed by atoms with E-state index in [1.165, 1.54) is 0 Å². The highest BCUT2D eigenvalue weighted by molar-refractivity contribution is 5.23. The lowest BCUT2D eigenvalue weighted by Crippen LogP contribution is -2.71. The van der Waals surface area contributed by atoms with Gasteiger partial charge >= 0.3 is 0 Å². The summed E-state index contributed by atoms with van der Waals surface area (Å²) in [7, 11) is 0. The van der Waals surface area contributed by atoms with E-state index >= 15 is 0 Å². The third-order valence-electron chi connectivity index (χ3n) is 10.3. The lowest BCUT2D eigenvalue weighted by atomic mass is 9.30. The van der Waals surface area contributed by atoms with Crippen molar-refractivity contribution in [1.82, 2.24) is 0 Å². The van der Waals surface area contributed by atoms with Crippen LogP contribution < -0.4 is 0 Å². The Morgan fingerprint density at radius 3 is 1.37 bits per heavy atom. The second-order valence-corrected chi connectivity index (χ2v) is 13.2. The summed E-state index contributed by atoms with van der Waals surface area (Å²) in [6, 6.07) is 0. The lowest BCUT2D eigenvalue weighted by Gasteiger charge is -2.75. The van der Waals surface area contributed by atoms with Crippen molar-refractivity contribution in [2.24, 2.45) is 33.5 Å². The summed E-state index contributed by atoms with van der Waals surface area (Å²) in [6.07, 6.45) is 11.2. The van der Waals surface area contributed by atoms with Gasteiger partial charge in [-0.2, -0.15) is 0 Å². The molecule has 8 heteroatoms. The first kappa shape index (κ1) is 19.1. The molecule has 8 fully saturated rings. The van der Waals surface area contributed by atoms with E-state index in [-0.39, 0.29) is 21.7 Å². The van der Waals surface area contributed by atoms with Crippen molar-refractivity contribution in [1.29, 1.82) is 0 Å². The molecule has 166 valence electrons. The molecular formula is C22H32N2O6. The van der Waals surface area contributed by atoms with Gasteiger partial charge in [-0.05, 0) is 111 Å². The summed E-state index contributed by atoms with van der Waals surface area (Å²) >= 11 is 0. The van der Waals surface area contributed by atoms with Crippen LogP contribution in [0.5, 0.6) is 0 Å². The molecule has 8 saturated carbocycles. The number of nitrogens with zero attached hydrogens (tertiary/aromatic N) is 2. The Kier molecular flexibility index (Phi) is 3.33. The zero-order valence-electron chi connectivity index (χ0n) is 18.0. The minimum atomic E-state index is -0.668. The molecule has 0 aromatic carbocycles. The highest BCUT2D eigenvalue weighted by atomic mass is 17.0. The van der Waals surface area contributed by atoms with Crippen LogP contribution in [0.4, 0.5) is 0 Å². The van der Waals surface area contributed by atoms with E-state index in [2.05, 4.69) is 13.8 Å². The molecule has 0 heterocycles. The normalized spacial score (nSPS) is 57.4. The Bertz CT molecular complexity index is 783. The molecule has 8 bridgehead atoms. The van der Waals surface area contributed by atoms with Crippen LogP contribution in [-0.2, 0) is 9.68 Å². The van der Waals surface area contributed by atoms with Gasteiger partial charge in [0, 0.05) is 0 Å². The predicted octanol–water partition coefficient (Wildman–Crippen LogP) is 4.86. The van der Waals surface area contributed by atoms with Crippen LogP contribution in [0.25, 0.3) is 0 Å². The quantitative estimate of drug-likeness (QED) is 0.464. The van der Waals surface area contributed by atoms with Crippen molar-refractivity contribution in [3.8, 4) is 0 Å². The molecule has 0 aromatic heterocycles. The van der Waals surface area contributed by atoms with Crippen LogP contribution in [0.3, 0.4) is 0 Å². The third kappa shape index (κ3) is 2.45. The molecule has 0 radical (unpaired) electrons. The second kappa shape index (κ2) is 5.23. The average Bonchev–Trinajstić information content (AvgIpc) is 2.46. The van der Waals surface area contributed by atoms with E-state index in [0.29, 0.717) is 11.8 Å². The topological polar surface area (TPSA) is 105 Å². The maximum Gasteiger partial charge on any atom is 0.295 e. The van der Waals surface area contributed by atoms with Crippen LogP contribution in [0.1, 0.15) is 90.9 Å². The first-order chi connectivity index (χ1) is 13.9. The molecule has 8 rings (SSSR count). The van der Waals surface area contributed by atoms with Crippen LogP contribution in [0, 0.1) is 53.7 Å². The fraction of sp³-hybridized carbons (Fsp3) is 1.00. The van der Waals surface area contributed by atoms with Gasteiger partial charge in [0.05, 0.1) is 0 Å². The van der Waals surface area contributed by atoms with Crippen molar-refractivity contribution in [3.05, 3.63) is 20.2 Å². The molecule has 8 unspecified atom stereocenters. The minimum absolute atomic E-state index is 0.0246. The van der Waals surface area contributed by atoms with Crippen molar-refractivity contribution >= 4 is 0 Å². The molecule has 8 aliphatic rings. The van der Waals surface area contributed by atoms with Crippen LogP contribution in [0.2, 0.25) is 0 Å². The number of hydrogen-bond acceptors (Lipinski definition) is 6. The van der Waals surface area contributed by atoms with Crippen molar-refractivity contribution in [2.45, 2.75) is 102 Å². The maximum absolute atomic E-state index is 11.5. The number of hydrogen-bond donors (Lipinski definition) is 0. The summed E-state index contributed by atoms with van der Waals surface area (Å²) in [5.74, 6) is 0.916. The van der Waals surface area contributed by atoms with Gasteiger partial charge in [-0.3, -0.25) is 0 Å². The Balaban J connectivity index is 1.45. The Labute approximate surface area is 176 Å². The van der Waals surface area contributed by atoms with Gasteiger partial charge in [0.25, 0.3) is 10.2 Å². The average molecular weight is 421 g/mol. The molecule has 8 aliphatic carbocycles. The summed E-state index contributed by atoms with van der Waals surface area (Å²) in [5.41, 5.74) is -1.25. The van der Waals surface area contributed by atoms with Gasteiger partial charge < -0.3 is 9.68 Å². The standard InChI is InChI=1S/C22H32N2O6/c1-17-3-15-5-19(9-17,13-21(7-15,11-17)29-23(25)26)20-6-16-4-18(2,10-20)12-22(8-16,14-20)30-24(27)28/h15-16H,3-14H2,1-2H3. The van der Waals surface area contributed by atoms with Gasteiger partial charge in [-0.1, -0.05) is 13.8 Å². The van der Waals surface area contributed by atoms with Gasteiger partial charge in [-0.15, -0.1) is 20.2 Å². The van der Waals surface area contributed by atoms with E-state index in [0.717, 1.165) is 77.0 Å². The molecule has 0 aromatic rings. The maximum atomic E-state index is 11.5. The molecule has 0 N–H and O–H groups in total. The SMILES string of the molecule is CC12CC3CC(O[N+](=O)[O-])(C1)CC(C14CC5CC(C)(CC(O[N+](=O)[O-])(C5)C1)C4)(C3)C2. The summed E-state index contributed by atoms with van der Waals surface area (Å²) in [6.45, 7) is 4.60. The minimum Gasteiger partial charge on any atom is -0.307 e. The highest BCUT2D eigenvalue weighted by Crippen LogP contribution is 2.80. The molecule has 0 spiro atoms. The molecule has 0 saturated heterocycles. The molecular weight excluding hydrogens is 388 g/mol. The lowest BCUT2D eigenvalue weighted by molar-refractivity contribution is -0.788. The largest absolute Gasteiger partial charge is 0.307 e. The Morgan fingerprint density at radius 2 is 1.03 bits per heavy atom. The van der Waals surface area contributed by atoms with Gasteiger partial charge in [0.15, 0.2) is 0 Å². The van der Waals surface area contributed by atoms with E-state index in [1.54, 1.807) is 0 Å². The number of rotatable bonds is 5. The van der Waals surface area contributed by atoms with E-state index in [4.69, 9.17) is 9.68 Å². The first-order valence-corrected chi connectivity index (χ1v) is 11.6. The van der Waals surface area contributed by atoms with Crippen LogP contribution in [-0.4, -0.2) is 21.4 Å². The Hall–Kier alpha value is -1.60. The van der Waals surface area contributed by atoms with E-state index < -0.39 is 21.4 Å². The summed E-state index contributed by atoms with van der Waals surface area (Å²) < 4.78 is 0. The fourth-order valence-electron chi connectivity index (χ4n) is 11.4. The van der Waals surface area contributed by atoms with Crippen molar-refractivity contribution in [2.75, 3.05) is 0 Å². The predicted molar refractivity (Wildman–Crippen MR) is 105 cm³/mol. The first-order valence-electron chi connectivity index (χ1n) is 11.6.